The fourth-order valence-electron chi connectivity index (χ4n) is 3.34. The monoisotopic (exact) mass is 482 g/mol. The molecule has 0 aliphatic carbocycles. The zero-order valence-electron chi connectivity index (χ0n) is 19.7. The van der Waals surface area contributed by atoms with Crippen molar-refractivity contribution < 1.29 is 22.7 Å². The third-order valence-electron chi connectivity index (χ3n) is 5.02. The standard InChI is InChI=1S/C26H30N2O5S/c1-4-32-24-14-12-23(13-15-24)28(34(3,30)31)19-21-8-10-22(11-9-21)26(29)27-16-17-33-25-7-5-6-20(2)18-25/h5-15,18H,4,16-17,19H2,1-3H3,(H,27,29). The van der Waals surface area contributed by atoms with Crippen molar-refractivity contribution in [3.63, 3.8) is 0 Å². The van der Waals surface area contributed by atoms with Gasteiger partial charge in [-0.25, -0.2) is 8.42 Å². The number of nitrogens with zero attached hydrogens (tertiary/aromatic N) is 1. The van der Waals surface area contributed by atoms with E-state index >= 15 is 0 Å². The van der Waals surface area contributed by atoms with Crippen LogP contribution in [0.25, 0.3) is 0 Å². The first-order valence-electron chi connectivity index (χ1n) is 11.0. The highest BCUT2D eigenvalue weighted by Gasteiger charge is 2.18. The number of rotatable bonds is 11. The molecule has 8 heteroatoms. The fourth-order valence-corrected chi connectivity index (χ4v) is 4.23. The number of hydrogen-bond donors (Lipinski definition) is 1. The summed E-state index contributed by atoms with van der Waals surface area (Å²) in [5.41, 5.74) is 2.91. The predicted molar refractivity (Wildman–Crippen MR) is 134 cm³/mol. The highest BCUT2D eigenvalue weighted by atomic mass is 32.2. The quantitative estimate of drug-likeness (QED) is 0.415. The minimum absolute atomic E-state index is 0.152. The Hall–Kier alpha value is -3.52. The summed E-state index contributed by atoms with van der Waals surface area (Å²) in [6.07, 6.45) is 1.17. The summed E-state index contributed by atoms with van der Waals surface area (Å²) in [7, 11) is -3.51. The van der Waals surface area contributed by atoms with Crippen LogP contribution in [0.1, 0.15) is 28.4 Å². The third-order valence-corrected chi connectivity index (χ3v) is 6.16. The zero-order valence-corrected chi connectivity index (χ0v) is 20.5. The van der Waals surface area contributed by atoms with Crippen LogP contribution in [0.2, 0.25) is 0 Å². The second kappa shape index (κ2) is 11.6. The van der Waals surface area contributed by atoms with Gasteiger partial charge in [0, 0.05) is 5.56 Å². The predicted octanol–water partition coefficient (Wildman–Crippen LogP) is 4.17. The number of aryl methyl sites for hydroxylation is 1. The van der Waals surface area contributed by atoms with Gasteiger partial charge in [-0.3, -0.25) is 9.10 Å². The zero-order chi connectivity index (χ0) is 24.6. The van der Waals surface area contributed by atoms with Gasteiger partial charge in [0.15, 0.2) is 0 Å². The van der Waals surface area contributed by atoms with Crippen LogP contribution in [0.4, 0.5) is 5.69 Å². The average molecular weight is 483 g/mol. The molecule has 0 unspecified atom stereocenters. The number of hydrogen-bond acceptors (Lipinski definition) is 5. The van der Waals surface area contributed by atoms with Crippen LogP contribution in [-0.2, 0) is 16.6 Å². The molecule has 180 valence electrons. The average Bonchev–Trinajstić information content (AvgIpc) is 2.81. The van der Waals surface area contributed by atoms with Gasteiger partial charge in [0.1, 0.15) is 18.1 Å². The minimum Gasteiger partial charge on any atom is -0.494 e. The Labute approximate surface area is 201 Å². The van der Waals surface area contributed by atoms with E-state index in [2.05, 4.69) is 5.32 Å². The topological polar surface area (TPSA) is 84.9 Å². The van der Waals surface area contributed by atoms with Crippen molar-refractivity contribution in [3.05, 3.63) is 89.5 Å². The van der Waals surface area contributed by atoms with Gasteiger partial charge in [-0.1, -0.05) is 24.3 Å². The van der Waals surface area contributed by atoms with Crippen LogP contribution in [-0.4, -0.2) is 40.3 Å². The molecule has 0 radical (unpaired) electrons. The Morgan fingerprint density at radius 2 is 1.65 bits per heavy atom. The van der Waals surface area contributed by atoms with Crippen LogP contribution in [0.15, 0.2) is 72.8 Å². The van der Waals surface area contributed by atoms with E-state index in [-0.39, 0.29) is 12.5 Å². The number of ether oxygens (including phenoxy) is 2. The lowest BCUT2D eigenvalue weighted by molar-refractivity contribution is 0.0947. The van der Waals surface area contributed by atoms with E-state index in [1.807, 2.05) is 38.1 Å². The van der Waals surface area contributed by atoms with Crippen molar-refractivity contribution in [1.29, 1.82) is 0 Å². The van der Waals surface area contributed by atoms with Gasteiger partial charge >= 0.3 is 0 Å². The van der Waals surface area contributed by atoms with Crippen LogP contribution in [0.5, 0.6) is 11.5 Å². The van der Waals surface area contributed by atoms with Crippen molar-refractivity contribution in [3.8, 4) is 11.5 Å². The van der Waals surface area contributed by atoms with Crippen molar-refractivity contribution in [2.24, 2.45) is 0 Å². The van der Waals surface area contributed by atoms with Crippen molar-refractivity contribution in [1.82, 2.24) is 5.32 Å². The van der Waals surface area contributed by atoms with E-state index in [4.69, 9.17) is 9.47 Å². The molecule has 1 amide bonds. The first-order chi connectivity index (χ1) is 16.3. The second-order valence-electron chi connectivity index (χ2n) is 7.81. The van der Waals surface area contributed by atoms with E-state index < -0.39 is 10.0 Å². The summed E-state index contributed by atoms with van der Waals surface area (Å²) in [5, 5.41) is 2.83. The molecule has 0 aliphatic heterocycles. The molecule has 0 spiro atoms. The number of benzene rings is 3. The van der Waals surface area contributed by atoms with Crippen LogP contribution in [0, 0.1) is 6.92 Å². The molecule has 0 aromatic heterocycles. The fraction of sp³-hybridized carbons (Fsp3) is 0.269. The molecular weight excluding hydrogens is 452 g/mol. The number of carbonyl (C=O) groups excluding carboxylic acids is 1. The molecule has 7 nitrogen and oxygen atoms in total. The van der Waals surface area contributed by atoms with Crippen LogP contribution >= 0.6 is 0 Å². The van der Waals surface area contributed by atoms with Gasteiger partial charge in [-0.15, -0.1) is 0 Å². The molecule has 0 aliphatic rings. The number of nitrogens with one attached hydrogen (secondary N) is 1. The third kappa shape index (κ3) is 7.25. The van der Waals surface area contributed by atoms with Crippen molar-refractivity contribution in [2.45, 2.75) is 20.4 Å². The van der Waals surface area contributed by atoms with E-state index in [1.54, 1.807) is 48.5 Å². The molecule has 0 fully saturated rings. The van der Waals surface area contributed by atoms with Crippen LogP contribution in [0.3, 0.4) is 0 Å². The second-order valence-corrected chi connectivity index (χ2v) is 9.72. The molecule has 1 N–H and O–H groups in total. The Bertz CT molecular complexity index is 1190. The molecule has 34 heavy (non-hydrogen) atoms. The normalized spacial score (nSPS) is 11.0. The molecule has 0 heterocycles. The van der Waals surface area contributed by atoms with Crippen molar-refractivity contribution in [2.75, 3.05) is 30.3 Å². The molecule has 3 aromatic rings. The van der Waals surface area contributed by atoms with E-state index in [9.17, 15) is 13.2 Å². The molecular formula is C26H30N2O5S. The largest absolute Gasteiger partial charge is 0.494 e. The molecule has 0 atom stereocenters. The number of amides is 1. The smallest absolute Gasteiger partial charge is 0.251 e. The number of sulfonamides is 1. The Balaban J connectivity index is 1.57. The van der Waals surface area contributed by atoms with E-state index in [0.29, 0.717) is 36.8 Å². The lowest BCUT2D eigenvalue weighted by Crippen LogP contribution is -2.29. The maximum Gasteiger partial charge on any atom is 0.251 e. The summed E-state index contributed by atoms with van der Waals surface area (Å²) < 4.78 is 37.2. The van der Waals surface area contributed by atoms with Gasteiger partial charge < -0.3 is 14.8 Å². The summed E-state index contributed by atoms with van der Waals surface area (Å²) >= 11 is 0. The first kappa shape index (κ1) is 25.1. The minimum atomic E-state index is -3.51. The summed E-state index contributed by atoms with van der Waals surface area (Å²) in [5.74, 6) is 1.23. The summed E-state index contributed by atoms with van der Waals surface area (Å²) in [4.78, 5) is 12.4. The van der Waals surface area contributed by atoms with Crippen LogP contribution < -0.4 is 19.1 Å². The lowest BCUT2D eigenvalue weighted by atomic mass is 10.1. The highest BCUT2D eigenvalue weighted by molar-refractivity contribution is 7.92. The number of anilines is 1. The Morgan fingerprint density at radius 3 is 2.26 bits per heavy atom. The number of carbonyl (C=O) groups is 1. The van der Waals surface area contributed by atoms with Gasteiger partial charge in [0.25, 0.3) is 5.91 Å². The SMILES string of the molecule is CCOc1ccc(N(Cc2ccc(C(=O)NCCOc3cccc(C)c3)cc2)S(C)(=O)=O)cc1. The summed E-state index contributed by atoms with van der Waals surface area (Å²) in [6.45, 7) is 5.30. The van der Waals surface area contributed by atoms with Crippen molar-refractivity contribution >= 4 is 21.6 Å². The maximum atomic E-state index is 12.4. The molecule has 3 aromatic carbocycles. The van der Waals surface area contributed by atoms with E-state index in [1.165, 1.54) is 10.6 Å². The molecule has 3 rings (SSSR count). The first-order valence-corrected chi connectivity index (χ1v) is 12.9. The molecule has 0 saturated carbocycles. The van der Waals surface area contributed by atoms with Gasteiger partial charge in [-0.05, 0) is 73.5 Å². The Kier molecular flexibility index (Phi) is 8.54. The van der Waals surface area contributed by atoms with Gasteiger partial charge in [0.05, 0.1) is 31.6 Å². The Morgan fingerprint density at radius 1 is 0.941 bits per heavy atom. The lowest BCUT2D eigenvalue weighted by Gasteiger charge is -2.23. The van der Waals surface area contributed by atoms with Gasteiger partial charge in [-0.2, -0.15) is 0 Å². The maximum absolute atomic E-state index is 12.4. The summed E-state index contributed by atoms with van der Waals surface area (Å²) in [6, 6.07) is 21.5. The molecule has 0 bridgehead atoms. The van der Waals surface area contributed by atoms with Gasteiger partial charge in [0.2, 0.25) is 10.0 Å². The van der Waals surface area contributed by atoms with E-state index in [0.717, 1.165) is 16.9 Å². The molecule has 0 saturated heterocycles. The highest BCUT2D eigenvalue weighted by Crippen LogP contribution is 2.24.